The molecule has 0 aromatic heterocycles. The van der Waals surface area contributed by atoms with E-state index in [0.29, 0.717) is 0 Å². The summed E-state index contributed by atoms with van der Waals surface area (Å²) >= 11 is 0. The molecule has 12 heavy (non-hydrogen) atoms. The number of primary amides is 1. The summed E-state index contributed by atoms with van der Waals surface area (Å²) in [4.78, 5) is 10.6. The molecule has 0 radical (unpaired) electrons. The molecule has 1 atom stereocenters. The Bertz CT molecular complexity index is 128. The second-order valence-corrected chi connectivity index (χ2v) is 2.78. The topological polar surface area (TPSA) is 64.3 Å². The third-order valence-corrected chi connectivity index (χ3v) is 1.65. The van der Waals surface area contributed by atoms with Crippen LogP contribution in [0.5, 0.6) is 0 Å². The van der Waals surface area contributed by atoms with E-state index in [4.69, 9.17) is 10.5 Å². The smallest absolute Gasteiger partial charge is 0.234 e. The van der Waals surface area contributed by atoms with Gasteiger partial charge in [0.25, 0.3) is 0 Å². The van der Waals surface area contributed by atoms with Gasteiger partial charge in [-0.2, -0.15) is 0 Å². The fourth-order valence-corrected chi connectivity index (χ4v) is 0.791. The Labute approximate surface area is 73.5 Å². The number of hydrogen-bond donors (Lipinski definition) is 2. The fourth-order valence-electron chi connectivity index (χ4n) is 0.791. The average molecular weight is 174 g/mol. The molecule has 0 aliphatic carbocycles. The van der Waals surface area contributed by atoms with Gasteiger partial charge in [-0.15, -0.1) is 0 Å². The Morgan fingerprint density at radius 1 is 1.58 bits per heavy atom. The molecule has 0 aromatic carbocycles. The molecular weight excluding hydrogens is 156 g/mol. The maximum Gasteiger partial charge on any atom is 0.234 e. The normalized spacial score (nSPS) is 12.8. The van der Waals surface area contributed by atoms with Crippen LogP contribution in [0, 0.1) is 0 Å². The summed E-state index contributed by atoms with van der Waals surface area (Å²) in [6, 6.07) is -0.229. The molecule has 3 N–H and O–H groups in total. The zero-order valence-corrected chi connectivity index (χ0v) is 7.80. The highest BCUT2D eigenvalue weighted by Gasteiger charge is 2.05. The molecule has 72 valence electrons. The first-order valence-corrected chi connectivity index (χ1v) is 4.20. The zero-order valence-electron chi connectivity index (χ0n) is 7.80. The van der Waals surface area contributed by atoms with Gasteiger partial charge in [0.1, 0.15) is 0 Å². The predicted molar refractivity (Wildman–Crippen MR) is 47.8 cm³/mol. The van der Waals surface area contributed by atoms with Gasteiger partial charge in [-0.05, 0) is 26.3 Å². The molecule has 0 aliphatic rings. The van der Waals surface area contributed by atoms with E-state index in [1.165, 1.54) is 0 Å². The van der Waals surface area contributed by atoms with Crippen LogP contribution in [0.15, 0.2) is 0 Å². The lowest BCUT2D eigenvalue weighted by Crippen LogP contribution is -2.39. The lowest BCUT2D eigenvalue weighted by Gasteiger charge is -2.08. The van der Waals surface area contributed by atoms with Gasteiger partial charge >= 0.3 is 0 Å². The number of carbonyl (C=O) groups excluding carboxylic acids is 1. The first kappa shape index (κ1) is 11.4. The molecule has 0 fully saturated rings. The van der Waals surface area contributed by atoms with Crippen molar-refractivity contribution in [3.63, 3.8) is 0 Å². The first-order chi connectivity index (χ1) is 5.68. The minimum atomic E-state index is -0.304. The van der Waals surface area contributed by atoms with Gasteiger partial charge < -0.3 is 15.8 Å². The molecule has 0 saturated carbocycles. The van der Waals surface area contributed by atoms with Crippen LogP contribution in [0.1, 0.15) is 19.8 Å². The molecule has 0 aromatic rings. The van der Waals surface area contributed by atoms with Crippen molar-refractivity contribution in [2.24, 2.45) is 5.73 Å². The van der Waals surface area contributed by atoms with Crippen LogP contribution >= 0.6 is 0 Å². The zero-order chi connectivity index (χ0) is 9.40. The van der Waals surface area contributed by atoms with Crippen LogP contribution in [-0.4, -0.2) is 32.2 Å². The largest absolute Gasteiger partial charge is 0.385 e. The summed E-state index contributed by atoms with van der Waals surface area (Å²) in [7, 11) is 1.68. The highest BCUT2D eigenvalue weighted by Crippen LogP contribution is 1.88. The van der Waals surface area contributed by atoms with E-state index < -0.39 is 0 Å². The van der Waals surface area contributed by atoms with E-state index in [1.807, 2.05) is 0 Å². The molecule has 0 heterocycles. The van der Waals surface area contributed by atoms with Gasteiger partial charge in [0.15, 0.2) is 0 Å². The third kappa shape index (κ3) is 6.12. The Hall–Kier alpha value is -0.610. The second kappa shape index (κ2) is 7.06. The van der Waals surface area contributed by atoms with Crippen molar-refractivity contribution >= 4 is 5.91 Å². The number of unbranched alkanes of at least 4 members (excludes halogenated alkanes) is 1. The molecule has 4 heteroatoms. The summed E-state index contributed by atoms with van der Waals surface area (Å²) in [5.74, 6) is -0.304. The van der Waals surface area contributed by atoms with Crippen molar-refractivity contribution < 1.29 is 9.53 Å². The van der Waals surface area contributed by atoms with Gasteiger partial charge in [-0.25, -0.2) is 0 Å². The van der Waals surface area contributed by atoms with Gasteiger partial charge in [0, 0.05) is 13.7 Å². The molecule has 1 amide bonds. The lowest BCUT2D eigenvalue weighted by molar-refractivity contribution is -0.119. The average Bonchev–Trinajstić information content (AvgIpc) is 2.03. The second-order valence-electron chi connectivity index (χ2n) is 2.78. The molecule has 0 spiro atoms. The fraction of sp³-hybridized carbons (Fsp3) is 0.875. The third-order valence-electron chi connectivity index (χ3n) is 1.65. The minimum absolute atomic E-state index is 0.229. The van der Waals surface area contributed by atoms with Crippen LogP contribution < -0.4 is 11.1 Å². The highest BCUT2D eigenvalue weighted by atomic mass is 16.5. The van der Waals surface area contributed by atoms with Gasteiger partial charge in [0.2, 0.25) is 5.91 Å². The summed E-state index contributed by atoms with van der Waals surface area (Å²) < 4.78 is 4.88. The number of carbonyl (C=O) groups is 1. The number of ether oxygens (including phenoxy) is 1. The van der Waals surface area contributed by atoms with E-state index >= 15 is 0 Å². The summed E-state index contributed by atoms with van der Waals surface area (Å²) in [5, 5.41) is 3.01. The van der Waals surface area contributed by atoms with Gasteiger partial charge in [-0.3, -0.25) is 4.79 Å². The van der Waals surface area contributed by atoms with E-state index in [0.717, 1.165) is 26.0 Å². The first-order valence-electron chi connectivity index (χ1n) is 4.20. The van der Waals surface area contributed by atoms with Gasteiger partial charge in [0.05, 0.1) is 6.04 Å². The molecular formula is C8H18N2O2. The van der Waals surface area contributed by atoms with E-state index in [9.17, 15) is 4.79 Å². The van der Waals surface area contributed by atoms with Crippen LogP contribution in [0.2, 0.25) is 0 Å². The van der Waals surface area contributed by atoms with Crippen molar-refractivity contribution in [2.45, 2.75) is 25.8 Å². The summed E-state index contributed by atoms with van der Waals surface area (Å²) in [5.41, 5.74) is 5.05. The number of amides is 1. The van der Waals surface area contributed by atoms with Crippen LogP contribution in [0.3, 0.4) is 0 Å². The molecule has 0 bridgehead atoms. The maximum absolute atomic E-state index is 10.6. The molecule has 0 saturated heterocycles. The van der Waals surface area contributed by atoms with Crippen molar-refractivity contribution in [3.05, 3.63) is 0 Å². The molecule has 4 nitrogen and oxygen atoms in total. The molecule has 1 unspecified atom stereocenters. The van der Waals surface area contributed by atoms with Gasteiger partial charge in [-0.1, -0.05) is 0 Å². The van der Waals surface area contributed by atoms with E-state index in [1.54, 1.807) is 14.0 Å². The minimum Gasteiger partial charge on any atom is -0.385 e. The highest BCUT2D eigenvalue weighted by molar-refractivity contribution is 5.79. The Kier molecular flexibility index (Phi) is 6.70. The molecule has 0 rings (SSSR count). The van der Waals surface area contributed by atoms with Crippen LogP contribution in [0.4, 0.5) is 0 Å². The Morgan fingerprint density at radius 2 is 2.25 bits per heavy atom. The van der Waals surface area contributed by atoms with E-state index in [2.05, 4.69) is 5.32 Å². The Balaban J connectivity index is 3.14. The lowest BCUT2D eigenvalue weighted by atomic mass is 10.3. The number of methoxy groups -OCH3 is 1. The summed E-state index contributed by atoms with van der Waals surface area (Å²) in [6.45, 7) is 3.35. The van der Waals surface area contributed by atoms with Crippen molar-refractivity contribution in [2.75, 3.05) is 20.3 Å². The number of nitrogens with one attached hydrogen (secondary N) is 1. The Morgan fingerprint density at radius 3 is 2.75 bits per heavy atom. The monoisotopic (exact) mass is 174 g/mol. The predicted octanol–water partition coefficient (Wildman–Crippen LogP) is -0.124. The summed E-state index contributed by atoms with van der Waals surface area (Å²) in [6.07, 6.45) is 2.01. The van der Waals surface area contributed by atoms with Crippen molar-refractivity contribution in [1.29, 1.82) is 0 Å². The van der Waals surface area contributed by atoms with Crippen molar-refractivity contribution in [1.82, 2.24) is 5.32 Å². The standard InChI is InChI=1S/C8H18N2O2/c1-7(8(9)11)10-5-3-4-6-12-2/h7,10H,3-6H2,1-2H3,(H2,9,11). The number of rotatable bonds is 7. The number of hydrogen-bond acceptors (Lipinski definition) is 3. The van der Waals surface area contributed by atoms with Crippen LogP contribution in [-0.2, 0) is 9.53 Å². The molecule has 0 aliphatic heterocycles. The van der Waals surface area contributed by atoms with Crippen LogP contribution in [0.25, 0.3) is 0 Å². The van der Waals surface area contributed by atoms with Crippen molar-refractivity contribution in [3.8, 4) is 0 Å². The maximum atomic E-state index is 10.6. The number of nitrogens with two attached hydrogens (primary N) is 1. The SMILES string of the molecule is COCCCCNC(C)C(N)=O. The quantitative estimate of drug-likeness (QED) is 0.529. The van der Waals surface area contributed by atoms with E-state index in [-0.39, 0.29) is 11.9 Å².